The van der Waals surface area contributed by atoms with Gasteiger partial charge in [0.15, 0.2) is 5.82 Å². The molecule has 1 saturated heterocycles. The Morgan fingerprint density at radius 3 is 2.71 bits per heavy atom. The molecule has 2 aromatic heterocycles. The van der Waals surface area contributed by atoms with Crippen molar-refractivity contribution in [1.82, 2.24) is 20.4 Å². The van der Waals surface area contributed by atoms with E-state index >= 15 is 0 Å². The van der Waals surface area contributed by atoms with Crippen molar-refractivity contribution in [2.24, 2.45) is 0 Å². The largest absolute Gasteiger partial charge is 0.355 e. The number of nitrogens with one attached hydrogen (secondary N) is 1. The molecule has 0 unspecified atom stereocenters. The SMILES string of the molecule is c1cc(-c2cn[nH]c2)c2cnnc(N3CCCCC3)c2c1. The number of rotatable bonds is 2. The van der Waals surface area contributed by atoms with Crippen LogP contribution in [0.25, 0.3) is 21.9 Å². The molecule has 3 heterocycles. The predicted octanol–water partition coefficient (Wildman–Crippen LogP) is 3.01. The first-order valence-electron chi connectivity index (χ1n) is 7.42. The number of H-pyrrole nitrogens is 1. The van der Waals surface area contributed by atoms with Gasteiger partial charge in [-0.25, -0.2) is 0 Å². The minimum atomic E-state index is 1.01. The number of benzene rings is 1. The Morgan fingerprint density at radius 2 is 1.90 bits per heavy atom. The molecule has 3 aromatic rings. The van der Waals surface area contributed by atoms with Crippen LogP contribution in [-0.2, 0) is 0 Å². The molecule has 0 radical (unpaired) electrons. The highest BCUT2D eigenvalue weighted by molar-refractivity contribution is 6.01. The zero-order chi connectivity index (χ0) is 14.1. The summed E-state index contributed by atoms with van der Waals surface area (Å²) in [5.41, 5.74) is 2.23. The second-order valence-corrected chi connectivity index (χ2v) is 5.47. The number of hydrogen-bond acceptors (Lipinski definition) is 4. The molecule has 0 spiro atoms. The zero-order valence-electron chi connectivity index (χ0n) is 11.8. The Kier molecular flexibility index (Phi) is 3.03. The summed E-state index contributed by atoms with van der Waals surface area (Å²) >= 11 is 0. The molecule has 1 aromatic carbocycles. The van der Waals surface area contributed by atoms with Crippen molar-refractivity contribution >= 4 is 16.6 Å². The number of aromatic amines is 1. The molecule has 0 amide bonds. The molecule has 1 fully saturated rings. The van der Waals surface area contributed by atoms with Gasteiger partial charge in [-0.15, -0.1) is 5.10 Å². The maximum absolute atomic E-state index is 4.41. The lowest BCUT2D eigenvalue weighted by molar-refractivity contribution is 0.573. The number of anilines is 1. The molecule has 1 aliphatic heterocycles. The number of fused-ring (bicyclic) bond motifs is 1. The fraction of sp³-hybridized carbons (Fsp3) is 0.312. The van der Waals surface area contributed by atoms with Crippen molar-refractivity contribution < 1.29 is 0 Å². The van der Waals surface area contributed by atoms with Gasteiger partial charge in [0, 0.05) is 35.6 Å². The third-order valence-corrected chi connectivity index (χ3v) is 4.15. The Bertz CT molecular complexity index is 744. The first-order valence-corrected chi connectivity index (χ1v) is 7.42. The van der Waals surface area contributed by atoms with E-state index in [2.05, 4.69) is 43.5 Å². The van der Waals surface area contributed by atoms with E-state index in [1.54, 1.807) is 0 Å². The van der Waals surface area contributed by atoms with Crippen LogP contribution in [0.3, 0.4) is 0 Å². The van der Waals surface area contributed by atoms with Crippen LogP contribution in [0.2, 0.25) is 0 Å². The van der Waals surface area contributed by atoms with Crippen LogP contribution in [0.5, 0.6) is 0 Å². The third kappa shape index (κ3) is 2.14. The molecule has 21 heavy (non-hydrogen) atoms. The van der Waals surface area contributed by atoms with Gasteiger partial charge in [0.25, 0.3) is 0 Å². The summed E-state index contributed by atoms with van der Waals surface area (Å²) in [5, 5.41) is 17.9. The van der Waals surface area contributed by atoms with E-state index in [1.807, 2.05) is 18.6 Å². The lowest BCUT2D eigenvalue weighted by atomic mass is 10.0. The van der Waals surface area contributed by atoms with Gasteiger partial charge in [0.05, 0.1) is 12.4 Å². The van der Waals surface area contributed by atoms with Crippen LogP contribution < -0.4 is 4.90 Å². The molecule has 5 nitrogen and oxygen atoms in total. The summed E-state index contributed by atoms with van der Waals surface area (Å²) in [7, 11) is 0. The molecule has 1 aliphatic rings. The van der Waals surface area contributed by atoms with Crippen LogP contribution in [0, 0.1) is 0 Å². The van der Waals surface area contributed by atoms with E-state index in [4.69, 9.17) is 0 Å². The minimum absolute atomic E-state index is 1.01. The van der Waals surface area contributed by atoms with Crippen molar-refractivity contribution in [2.75, 3.05) is 18.0 Å². The van der Waals surface area contributed by atoms with Crippen molar-refractivity contribution in [3.63, 3.8) is 0 Å². The van der Waals surface area contributed by atoms with Gasteiger partial charge < -0.3 is 4.90 Å². The van der Waals surface area contributed by atoms with E-state index < -0.39 is 0 Å². The zero-order valence-corrected chi connectivity index (χ0v) is 11.8. The van der Waals surface area contributed by atoms with E-state index in [0.717, 1.165) is 35.4 Å². The smallest absolute Gasteiger partial charge is 0.159 e. The van der Waals surface area contributed by atoms with Crippen molar-refractivity contribution in [1.29, 1.82) is 0 Å². The van der Waals surface area contributed by atoms with E-state index in [9.17, 15) is 0 Å². The predicted molar refractivity (Wildman–Crippen MR) is 83.2 cm³/mol. The van der Waals surface area contributed by atoms with Gasteiger partial charge in [-0.3, -0.25) is 5.10 Å². The molecule has 0 atom stereocenters. The minimum Gasteiger partial charge on any atom is -0.355 e. The Hall–Kier alpha value is -2.43. The average molecular weight is 279 g/mol. The summed E-state index contributed by atoms with van der Waals surface area (Å²) in [5.74, 6) is 1.01. The second kappa shape index (κ2) is 5.16. The van der Waals surface area contributed by atoms with Crippen LogP contribution >= 0.6 is 0 Å². The van der Waals surface area contributed by atoms with Crippen LogP contribution in [0.1, 0.15) is 19.3 Å². The van der Waals surface area contributed by atoms with Gasteiger partial charge in [0.2, 0.25) is 0 Å². The van der Waals surface area contributed by atoms with Gasteiger partial charge in [-0.05, 0) is 24.8 Å². The van der Waals surface area contributed by atoms with Crippen molar-refractivity contribution in [2.45, 2.75) is 19.3 Å². The van der Waals surface area contributed by atoms with Crippen LogP contribution in [-0.4, -0.2) is 33.5 Å². The monoisotopic (exact) mass is 279 g/mol. The average Bonchev–Trinajstić information content (AvgIpc) is 3.09. The molecule has 4 rings (SSSR count). The van der Waals surface area contributed by atoms with Crippen molar-refractivity contribution in [3.05, 3.63) is 36.8 Å². The maximum Gasteiger partial charge on any atom is 0.159 e. The molecule has 0 aliphatic carbocycles. The normalized spacial score (nSPS) is 15.5. The topological polar surface area (TPSA) is 57.7 Å². The van der Waals surface area contributed by atoms with Gasteiger partial charge in [-0.1, -0.05) is 18.2 Å². The Balaban J connectivity index is 1.88. The summed E-state index contributed by atoms with van der Waals surface area (Å²) < 4.78 is 0. The van der Waals surface area contributed by atoms with Gasteiger partial charge >= 0.3 is 0 Å². The first-order chi connectivity index (χ1) is 10.4. The van der Waals surface area contributed by atoms with E-state index in [-0.39, 0.29) is 0 Å². The van der Waals surface area contributed by atoms with Crippen LogP contribution in [0.4, 0.5) is 5.82 Å². The number of piperidine rings is 1. The fourth-order valence-corrected chi connectivity index (χ4v) is 3.08. The quantitative estimate of drug-likeness (QED) is 0.783. The molecular weight excluding hydrogens is 262 g/mol. The molecular formula is C16H17N5. The number of nitrogens with zero attached hydrogens (tertiary/aromatic N) is 4. The number of aromatic nitrogens is 4. The van der Waals surface area contributed by atoms with Crippen molar-refractivity contribution in [3.8, 4) is 11.1 Å². The third-order valence-electron chi connectivity index (χ3n) is 4.15. The molecule has 0 bridgehead atoms. The van der Waals surface area contributed by atoms with Crippen LogP contribution in [0.15, 0.2) is 36.8 Å². The maximum atomic E-state index is 4.41. The second-order valence-electron chi connectivity index (χ2n) is 5.47. The Morgan fingerprint density at radius 1 is 1.00 bits per heavy atom. The highest BCUT2D eigenvalue weighted by atomic mass is 15.3. The van der Waals surface area contributed by atoms with Gasteiger partial charge in [-0.2, -0.15) is 10.2 Å². The molecule has 1 N–H and O–H groups in total. The first kappa shape index (κ1) is 12.3. The molecule has 5 heteroatoms. The lowest BCUT2D eigenvalue weighted by Gasteiger charge is -2.28. The Labute approximate surface area is 123 Å². The molecule has 0 saturated carbocycles. The summed E-state index contributed by atoms with van der Waals surface area (Å²) in [6, 6.07) is 6.33. The van der Waals surface area contributed by atoms with E-state index in [0.29, 0.717) is 0 Å². The van der Waals surface area contributed by atoms with Gasteiger partial charge in [0.1, 0.15) is 0 Å². The fourth-order valence-electron chi connectivity index (χ4n) is 3.08. The lowest BCUT2D eigenvalue weighted by Crippen LogP contribution is -2.30. The van der Waals surface area contributed by atoms with E-state index in [1.165, 1.54) is 24.6 Å². The molecule has 106 valence electrons. The standard InChI is InChI=1S/C16H17N5/c1-2-7-21(8-3-1)16-14-6-4-5-13(12-9-17-18-10-12)15(14)11-19-20-16/h4-6,9-11H,1-3,7-8H2,(H,17,18). The summed E-state index contributed by atoms with van der Waals surface area (Å²) in [4.78, 5) is 2.36. The highest BCUT2D eigenvalue weighted by Crippen LogP contribution is 2.32. The summed E-state index contributed by atoms with van der Waals surface area (Å²) in [6.45, 7) is 2.15. The highest BCUT2D eigenvalue weighted by Gasteiger charge is 2.16. The number of hydrogen-bond donors (Lipinski definition) is 1. The summed E-state index contributed by atoms with van der Waals surface area (Å²) in [6.07, 6.45) is 9.39.